The van der Waals surface area contributed by atoms with Crippen molar-refractivity contribution in [3.8, 4) is 0 Å². The molecule has 0 radical (unpaired) electrons. The van der Waals surface area contributed by atoms with Crippen LogP contribution in [0.4, 0.5) is 0 Å². The van der Waals surface area contributed by atoms with Gasteiger partial charge in [0.25, 0.3) is 5.91 Å². The normalized spacial score (nSPS) is 8.82. The van der Waals surface area contributed by atoms with Crippen LogP contribution >= 0.6 is 0 Å². The fourth-order valence-corrected chi connectivity index (χ4v) is 0.701. The Morgan fingerprint density at radius 1 is 1.82 bits per heavy atom. The molecule has 5 nitrogen and oxygen atoms in total. The molecule has 1 aromatic heterocycles. The largest absolute Gasteiger partial charge is 0.469 e. The highest BCUT2D eigenvalue weighted by atomic mass is 16.3. The van der Waals surface area contributed by atoms with E-state index in [1.54, 1.807) is 6.92 Å². The lowest BCUT2D eigenvalue weighted by atomic mass is 10.2. The van der Waals surface area contributed by atoms with E-state index in [2.05, 4.69) is 10.0 Å². The van der Waals surface area contributed by atoms with Crippen LogP contribution in [0.25, 0.3) is 10.4 Å². The van der Waals surface area contributed by atoms with Crippen molar-refractivity contribution in [3.63, 3.8) is 0 Å². The van der Waals surface area contributed by atoms with Crippen molar-refractivity contribution in [1.29, 1.82) is 0 Å². The number of furan rings is 1. The molecule has 56 valence electrons. The molecule has 0 aliphatic heterocycles. The van der Waals surface area contributed by atoms with Crippen molar-refractivity contribution in [2.75, 3.05) is 0 Å². The predicted octanol–water partition coefficient (Wildman–Crippen LogP) is 2.04. The van der Waals surface area contributed by atoms with Crippen LogP contribution in [0.2, 0.25) is 0 Å². The second-order valence-corrected chi connectivity index (χ2v) is 1.89. The van der Waals surface area contributed by atoms with E-state index in [1.165, 1.54) is 12.3 Å². The molecule has 0 bridgehead atoms. The number of aryl methyl sites for hydroxylation is 1. The van der Waals surface area contributed by atoms with Crippen LogP contribution in [0.5, 0.6) is 0 Å². The lowest BCUT2D eigenvalue weighted by Gasteiger charge is -1.86. The molecule has 1 rings (SSSR count). The maximum atomic E-state index is 10.8. The molecule has 0 unspecified atom stereocenters. The molecule has 1 heterocycles. The maximum absolute atomic E-state index is 10.8. The average molecular weight is 151 g/mol. The number of hydrogen-bond acceptors (Lipinski definition) is 2. The number of carbonyl (C=O) groups is 1. The lowest BCUT2D eigenvalue weighted by Crippen LogP contribution is -1.91. The monoisotopic (exact) mass is 151 g/mol. The fraction of sp³-hybridized carbons (Fsp3) is 0.167. The minimum atomic E-state index is -0.612. The number of nitrogens with zero attached hydrogens (tertiary/aromatic N) is 3. The molecule has 0 spiro atoms. The Balaban J connectivity index is 3.02. The third-order valence-electron chi connectivity index (χ3n) is 1.22. The Hall–Kier alpha value is -1.74. The Morgan fingerprint density at radius 2 is 2.55 bits per heavy atom. The van der Waals surface area contributed by atoms with E-state index < -0.39 is 5.91 Å². The van der Waals surface area contributed by atoms with Crippen LogP contribution in [0.1, 0.15) is 16.1 Å². The van der Waals surface area contributed by atoms with E-state index >= 15 is 0 Å². The first-order valence-electron chi connectivity index (χ1n) is 2.89. The molecule has 0 aromatic carbocycles. The Kier molecular flexibility index (Phi) is 1.94. The number of amides is 1. The zero-order valence-corrected chi connectivity index (χ0v) is 5.81. The van der Waals surface area contributed by atoms with Gasteiger partial charge in [0.1, 0.15) is 5.76 Å². The highest BCUT2D eigenvalue weighted by Gasteiger charge is 2.07. The van der Waals surface area contributed by atoms with Gasteiger partial charge < -0.3 is 4.42 Å². The second kappa shape index (κ2) is 2.90. The van der Waals surface area contributed by atoms with Crippen molar-refractivity contribution in [2.45, 2.75) is 6.92 Å². The summed E-state index contributed by atoms with van der Waals surface area (Å²) in [6, 6.07) is 1.46. The van der Waals surface area contributed by atoms with E-state index in [0.29, 0.717) is 11.3 Å². The Bertz CT molecular complexity index is 322. The van der Waals surface area contributed by atoms with Crippen LogP contribution in [-0.4, -0.2) is 5.91 Å². The summed E-state index contributed by atoms with van der Waals surface area (Å²) in [6.45, 7) is 1.63. The Morgan fingerprint density at radius 3 is 3.00 bits per heavy atom. The molecule has 0 atom stereocenters. The van der Waals surface area contributed by atoms with E-state index in [0.717, 1.165) is 0 Å². The zero-order valence-electron chi connectivity index (χ0n) is 5.81. The molecular weight excluding hydrogens is 146 g/mol. The molecule has 0 saturated heterocycles. The van der Waals surface area contributed by atoms with Gasteiger partial charge in [-0.15, -0.1) is 0 Å². The first-order valence-corrected chi connectivity index (χ1v) is 2.89. The molecule has 0 N–H and O–H groups in total. The van der Waals surface area contributed by atoms with Crippen molar-refractivity contribution >= 4 is 5.91 Å². The summed E-state index contributed by atoms with van der Waals surface area (Å²) in [5.41, 5.74) is 8.24. The molecule has 1 amide bonds. The molecule has 0 fully saturated rings. The third kappa shape index (κ3) is 1.39. The summed E-state index contributed by atoms with van der Waals surface area (Å²) in [7, 11) is 0. The summed E-state index contributed by atoms with van der Waals surface area (Å²) >= 11 is 0. The molecule has 0 saturated carbocycles. The van der Waals surface area contributed by atoms with Crippen LogP contribution in [0.15, 0.2) is 21.9 Å². The predicted molar refractivity (Wildman–Crippen MR) is 36.9 cm³/mol. The topological polar surface area (TPSA) is 79.0 Å². The van der Waals surface area contributed by atoms with Gasteiger partial charge in [-0.1, -0.05) is 0 Å². The number of azide groups is 1. The van der Waals surface area contributed by atoms with Gasteiger partial charge in [0, 0.05) is 4.91 Å². The second-order valence-electron chi connectivity index (χ2n) is 1.89. The minimum absolute atomic E-state index is 0.308. The molecule has 11 heavy (non-hydrogen) atoms. The summed E-state index contributed by atoms with van der Waals surface area (Å²) in [6.07, 6.45) is 1.37. The van der Waals surface area contributed by atoms with E-state index in [-0.39, 0.29) is 0 Å². The summed E-state index contributed by atoms with van der Waals surface area (Å²) < 4.78 is 4.83. The summed E-state index contributed by atoms with van der Waals surface area (Å²) in [5, 5.41) is 2.91. The van der Waals surface area contributed by atoms with Gasteiger partial charge >= 0.3 is 0 Å². The molecule has 5 heteroatoms. The van der Waals surface area contributed by atoms with E-state index in [4.69, 9.17) is 9.95 Å². The minimum Gasteiger partial charge on any atom is -0.469 e. The van der Waals surface area contributed by atoms with Crippen LogP contribution < -0.4 is 0 Å². The first kappa shape index (κ1) is 7.37. The van der Waals surface area contributed by atoms with Crippen LogP contribution in [0, 0.1) is 6.92 Å². The van der Waals surface area contributed by atoms with Crippen LogP contribution in [-0.2, 0) is 0 Å². The van der Waals surface area contributed by atoms with Gasteiger partial charge in [0.05, 0.1) is 11.8 Å². The van der Waals surface area contributed by atoms with Gasteiger partial charge in [0.2, 0.25) is 0 Å². The first-order chi connectivity index (χ1) is 5.25. The lowest BCUT2D eigenvalue weighted by molar-refractivity contribution is 0.0999. The molecule has 0 aliphatic carbocycles. The molecular formula is C6H5N3O2. The van der Waals surface area contributed by atoms with E-state index in [1.807, 2.05) is 0 Å². The van der Waals surface area contributed by atoms with Gasteiger partial charge in [-0.05, 0) is 23.6 Å². The number of rotatable bonds is 1. The fourth-order valence-electron chi connectivity index (χ4n) is 0.701. The van der Waals surface area contributed by atoms with Crippen LogP contribution in [0.3, 0.4) is 0 Å². The smallest absolute Gasteiger partial charge is 0.252 e. The average Bonchev–Trinajstić information content (AvgIpc) is 2.36. The summed E-state index contributed by atoms with van der Waals surface area (Å²) in [4.78, 5) is 13.2. The third-order valence-corrected chi connectivity index (χ3v) is 1.22. The van der Waals surface area contributed by atoms with E-state index in [9.17, 15) is 4.79 Å². The number of hydrogen-bond donors (Lipinski definition) is 0. The maximum Gasteiger partial charge on any atom is 0.252 e. The zero-order chi connectivity index (χ0) is 8.27. The SMILES string of the molecule is Cc1occc1C(=O)N=[N+]=[N-]. The van der Waals surface area contributed by atoms with Crippen molar-refractivity contribution in [1.82, 2.24) is 0 Å². The van der Waals surface area contributed by atoms with Gasteiger partial charge in [-0.3, -0.25) is 4.79 Å². The molecule has 1 aromatic rings. The van der Waals surface area contributed by atoms with Crippen molar-refractivity contribution < 1.29 is 9.21 Å². The standard InChI is InChI=1S/C6H5N3O2/c1-4-5(2-3-11-4)6(10)8-9-7/h2-3H,1H3. The van der Waals surface area contributed by atoms with Gasteiger partial charge in [0.15, 0.2) is 0 Å². The van der Waals surface area contributed by atoms with Gasteiger partial charge in [-0.25, -0.2) is 0 Å². The Labute approximate surface area is 62.3 Å². The molecule has 0 aliphatic rings. The van der Waals surface area contributed by atoms with Crippen molar-refractivity contribution in [3.05, 3.63) is 34.1 Å². The summed E-state index contributed by atoms with van der Waals surface area (Å²) in [5.74, 6) is -0.152. The highest BCUT2D eigenvalue weighted by molar-refractivity contribution is 5.95. The quantitative estimate of drug-likeness (QED) is 0.349. The van der Waals surface area contributed by atoms with Gasteiger partial charge in [-0.2, -0.15) is 0 Å². The highest BCUT2D eigenvalue weighted by Crippen LogP contribution is 2.09. The number of carbonyl (C=O) groups excluding carboxylic acids is 1. The van der Waals surface area contributed by atoms with Crippen molar-refractivity contribution in [2.24, 2.45) is 5.11 Å².